The number of hydrogen-bond acceptors (Lipinski definition) is 3. The van der Waals surface area contributed by atoms with Gasteiger partial charge in [0.15, 0.2) is 0 Å². The van der Waals surface area contributed by atoms with E-state index in [9.17, 15) is 9.59 Å². The van der Waals surface area contributed by atoms with E-state index in [4.69, 9.17) is 0 Å². The van der Waals surface area contributed by atoms with Crippen LogP contribution in [-0.4, -0.2) is 47.7 Å². The molecule has 0 bridgehead atoms. The van der Waals surface area contributed by atoms with Crippen molar-refractivity contribution < 1.29 is 14.3 Å². The Hall–Kier alpha value is -1.50. The van der Waals surface area contributed by atoms with E-state index in [0.717, 1.165) is 10.9 Å². The molecule has 6 nitrogen and oxygen atoms in total. The summed E-state index contributed by atoms with van der Waals surface area (Å²) < 4.78 is 7.21. The summed E-state index contributed by atoms with van der Waals surface area (Å²) in [7, 11) is 3.16. The Kier molecular flexibility index (Phi) is 4.14. The van der Waals surface area contributed by atoms with Gasteiger partial charge in [0.1, 0.15) is 5.69 Å². The van der Waals surface area contributed by atoms with Crippen molar-refractivity contribution in [3.8, 4) is 0 Å². The summed E-state index contributed by atoms with van der Waals surface area (Å²) in [5, 5.41) is 2.71. The van der Waals surface area contributed by atoms with Gasteiger partial charge in [-0.3, -0.25) is 4.79 Å². The molecule has 1 fully saturated rings. The van der Waals surface area contributed by atoms with Crippen molar-refractivity contribution in [2.75, 3.05) is 20.2 Å². The Bertz CT molecular complexity index is 500. The van der Waals surface area contributed by atoms with E-state index < -0.39 is 6.09 Å². The van der Waals surface area contributed by atoms with Crippen LogP contribution >= 0.6 is 15.9 Å². The van der Waals surface area contributed by atoms with E-state index in [2.05, 4.69) is 26.0 Å². The van der Waals surface area contributed by atoms with Gasteiger partial charge in [-0.05, 0) is 28.4 Å². The summed E-state index contributed by atoms with van der Waals surface area (Å²) in [5.41, 5.74) is 0.630. The number of hydrogen-bond donors (Lipinski definition) is 1. The monoisotopic (exact) mass is 329 g/mol. The quantitative estimate of drug-likeness (QED) is 0.891. The lowest BCUT2D eigenvalue weighted by Gasteiger charge is -2.17. The largest absolute Gasteiger partial charge is 0.453 e. The number of nitrogens with one attached hydrogen (secondary N) is 1. The molecule has 2 heterocycles. The number of carbonyl (C=O) groups excluding carboxylic acids is 2. The highest BCUT2D eigenvalue weighted by atomic mass is 79.9. The Morgan fingerprint density at radius 2 is 2.26 bits per heavy atom. The minimum Gasteiger partial charge on any atom is -0.453 e. The smallest absolute Gasteiger partial charge is 0.407 e. The molecule has 0 aromatic carbocycles. The molecule has 1 aromatic heterocycles. The van der Waals surface area contributed by atoms with Crippen LogP contribution < -0.4 is 5.32 Å². The number of amides is 2. The molecule has 1 unspecified atom stereocenters. The number of ether oxygens (including phenoxy) is 1. The van der Waals surface area contributed by atoms with E-state index in [0.29, 0.717) is 18.8 Å². The highest BCUT2D eigenvalue weighted by molar-refractivity contribution is 9.10. The topological polar surface area (TPSA) is 63.6 Å². The Balaban J connectivity index is 1.99. The number of likely N-dealkylation sites (tertiary alicyclic amines) is 1. The number of methoxy groups -OCH3 is 1. The minimum absolute atomic E-state index is 0.0256. The van der Waals surface area contributed by atoms with Gasteiger partial charge in [-0.1, -0.05) is 0 Å². The lowest BCUT2D eigenvalue weighted by molar-refractivity contribution is 0.0778. The highest BCUT2D eigenvalue weighted by Crippen LogP contribution is 2.18. The van der Waals surface area contributed by atoms with E-state index in [-0.39, 0.29) is 11.9 Å². The molecule has 104 valence electrons. The maximum Gasteiger partial charge on any atom is 0.407 e. The van der Waals surface area contributed by atoms with Crippen LogP contribution in [0.4, 0.5) is 4.79 Å². The van der Waals surface area contributed by atoms with Crippen molar-refractivity contribution >= 4 is 27.9 Å². The molecule has 0 saturated carbocycles. The average molecular weight is 330 g/mol. The second kappa shape index (κ2) is 5.64. The van der Waals surface area contributed by atoms with Crippen LogP contribution in [0, 0.1) is 0 Å². The van der Waals surface area contributed by atoms with Gasteiger partial charge < -0.3 is 19.5 Å². The number of alkyl carbamates (subject to hydrolysis) is 1. The third-order valence-electron chi connectivity index (χ3n) is 3.17. The van der Waals surface area contributed by atoms with Gasteiger partial charge in [0.2, 0.25) is 0 Å². The van der Waals surface area contributed by atoms with Crippen molar-refractivity contribution in [2.45, 2.75) is 12.5 Å². The summed E-state index contributed by atoms with van der Waals surface area (Å²) >= 11 is 3.35. The fourth-order valence-electron chi connectivity index (χ4n) is 2.19. The van der Waals surface area contributed by atoms with Crippen molar-refractivity contribution in [1.29, 1.82) is 0 Å². The maximum atomic E-state index is 12.3. The van der Waals surface area contributed by atoms with E-state index in [1.54, 1.807) is 15.5 Å². The lowest BCUT2D eigenvalue weighted by atomic mass is 10.3. The van der Waals surface area contributed by atoms with Crippen molar-refractivity contribution in [1.82, 2.24) is 14.8 Å². The molecule has 0 aliphatic carbocycles. The van der Waals surface area contributed by atoms with Crippen LogP contribution in [0.15, 0.2) is 16.7 Å². The average Bonchev–Trinajstić information content (AvgIpc) is 2.95. The van der Waals surface area contributed by atoms with Crippen molar-refractivity contribution in [3.05, 3.63) is 22.4 Å². The molecule has 19 heavy (non-hydrogen) atoms. The summed E-state index contributed by atoms with van der Waals surface area (Å²) in [5.74, 6) is -0.0256. The van der Waals surface area contributed by atoms with Gasteiger partial charge in [0.05, 0.1) is 13.2 Å². The first-order valence-electron chi connectivity index (χ1n) is 5.97. The first-order valence-corrected chi connectivity index (χ1v) is 6.76. The highest BCUT2D eigenvalue weighted by Gasteiger charge is 2.29. The predicted octanol–water partition coefficient (Wildman–Crippen LogP) is 1.36. The van der Waals surface area contributed by atoms with E-state index >= 15 is 0 Å². The van der Waals surface area contributed by atoms with E-state index in [1.165, 1.54) is 7.11 Å². The van der Waals surface area contributed by atoms with E-state index in [1.807, 2.05) is 13.2 Å². The number of nitrogens with zero attached hydrogens (tertiary/aromatic N) is 2. The standard InChI is InChI=1S/C12H16BrN3O3/c1-15-6-8(13)5-10(15)11(17)16-4-3-9(7-16)14-12(18)19-2/h5-6,9H,3-4,7H2,1-2H3,(H,14,18). The first kappa shape index (κ1) is 13.9. The Morgan fingerprint density at radius 3 is 2.84 bits per heavy atom. The lowest BCUT2D eigenvalue weighted by Crippen LogP contribution is -2.38. The predicted molar refractivity (Wildman–Crippen MR) is 73.0 cm³/mol. The molecule has 2 rings (SSSR count). The van der Waals surface area contributed by atoms with Crippen molar-refractivity contribution in [3.63, 3.8) is 0 Å². The minimum atomic E-state index is -0.457. The van der Waals surface area contributed by atoms with Gasteiger partial charge >= 0.3 is 6.09 Å². The second-order valence-electron chi connectivity index (χ2n) is 4.53. The third kappa shape index (κ3) is 3.09. The molecule has 1 aliphatic rings. The van der Waals surface area contributed by atoms with Crippen molar-refractivity contribution in [2.24, 2.45) is 7.05 Å². The molecule has 1 aromatic rings. The Labute approximate surface area is 119 Å². The molecule has 7 heteroatoms. The summed E-state index contributed by atoms with van der Waals surface area (Å²) in [6, 6.07) is 1.75. The maximum absolute atomic E-state index is 12.3. The third-order valence-corrected chi connectivity index (χ3v) is 3.61. The molecule has 0 radical (unpaired) electrons. The van der Waals surface area contributed by atoms with Crippen LogP contribution in [0.3, 0.4) is 0 Å². The number of carbonyl (C=O) groups is 2. The number of rotatable bonds is 2. The van der Waals surface area contributed by atoms with Crippen LogP contribution in [0.2, 0.25) is 0 Å². The van der Waals surface area contributed by atoms with Crippen LogP contribution in [-0.2, 0) is 11.8 Å². The van der Waals surface area contributed by atoms with Crippen LogP contribution in [0.25, 0.3) is 0 Å². The Morgan fingerprint density at radius 1 is 1.53 bits per heavy atom. The molecule has 1 saturated heterocycles. The van der Waals surface area contributed by atoms with Gasteiger partial charge in [0, 0.05) is 30.8 Å². The normalized spacial score (nSPS) is 18.5. The van der Waals surface area contributed by atoms with Gasteiger partial charge in [0.25, 0.3) is 5.91 Å². The molecule has 1 aliphatic heterocycles. The summed E-state index contributed by atoms with van der Waals surface area (Å²) in [4.78, 5) is 25.2. The summed E-state index contributed by atoms with van der Waals surface area (Å²) in [6.07, 6.45) is 2.13. The SMILES string of the molecule is COC(=O)NC1CCN(C(=O)c2cc(Br)cn2C)C1. The first-order chi connectivity index (χ1) is 9.01. The van der Waals surface area contributed by atoms with Gasteiger partial charge in [-0.15, -0.1) is 0 Å². The number of halogens is 1. The number of aryl methyl sites for hydroxylation is 1. The molecule has 0 spiro atoms. The molecule has 2 amide bonds. The fourth-order valence-corrected chi connectivity index (χ4v) is 2.71. The van der Waals surface area contributed by atoms with Crippen LogP contribution in [0.5, 0.6) is 0 Å². The molecular weight excluding hydrogens is 314 g/mol. The zero-order chi connectivity index (χ0) is 14.0. The summed E-state index contributed by atoms with van der Waals surface area (Å²) in [6.45, 7) is 1.15. The second-order valence-corrected chi connectivity index (χ2v) is 5.44. The fraction of sp³-hybridized carbons (Fsp3) is 0.500. The van der Waals surface area contributed by atoms with Gasteiger partial charge in [-0.25, -0.2) is 4.79 Å². The zero-order valence-electron chi connectivity index (χ0n) is 10.9. The van der Waals surface area contributed by atoms with Gasteiger partial charge in [-0.2, -0.15) is 0 Å². The molecule has 1 N–H and O–H groups in total. The molecule has 1 atom stereocenters. The van der Waals surface area contributed by atoms with Crippen LogP contribution in [0.1, 0.15) is 16.9 Å². The number of aromatic nitrogens is 1. The zero-order valence-corrected chi connectivity index (χ0v) is 12.4. The molecular formula is C12H16BrN3O3.